The highest BCUT2D eigenvalue weighted by molar-refractivity contribution is 7.15. The molecule has 7 heteroatoms. The van der Waals surface area contributed by atoms with E-state index < -0.39 is 5.91 Å². The van der Waals surface area contributed by atoms with Crippen molar-refractivity contribution in [2.75, 3.05) is 5.32 Å². The number of amides is 2. The highest BCUT2D eigenvalue weighted by Crippen LogP contribution is 2.26. The zero-order valence-corrected chi connectivity index (χ0v) is 14.3. The number of nitrogens with zero attached hydrogens (tertiary/aromatic N) is 1. The Balaban J connectivity index is 2.08. The third-order valence-electron chi connectivity index (χ3n) is 3.11. The van der Waals surface area contributed by atoms with Crippen LogP contribution in [0, 0.1) is 0 Å². The third-order valence-corrected chi connectivity index (χ3v) is 5.15. The van der Waals surface area contributed by atoms with Gasteiger partial charge in [-0.15, -0.1) is 22.7 Å². The van der Waals surface area contributed by atoms with E-state index in [1.165, 1.54) is 21.8 Å². The lowest BCUT2D eigenvalue weighted by molar-refractivity contribution is -0.117. The van der Waals surface area contributed by atoms with Gasteiger partial charge in [0.15, 0.2) is 5.13 Å². The normalized spacial score (nSPS) is 10.6. The van der Waals surface area contributed by atoms with Gasteiger partial charge in [-0.25, -0.2) is 4.98 Å². The molecule has 118 valence electrons. The van der Waals surface area contributed by atoms with E-state index in [1.807, 2.05) is 6.07 Å². The van der Waals surface area contributed by atoms with Crippen LogP contribution in [0.25, 0.3) is 0 Å². The van der Waals surface area contributed by atoms with Crippen molar-refractivity contribution in [3.63, 3.8) is 0 Å². The Bertz CT molecular complexity index is 676. The maximum absolute atomic E-state index is 12.3. The molecule has 0 aliphatic heterocycles. The largest absolute Gasteiger partial charge is 0.369 e. The smallest absolute Gasteiger partial charge is 0.267 e. The fourth-order valence-corrected chi connectivity index (χ4v) is 4.06. The molecule has 22 heavy (non-hydrogen) atoms. The molecule has 2 aromatic rings. The molecule has 0 saturated heterocycles. The summed E-state index contributed by atoms with van der Waals surface area (Å²) in [4.78, 5) is 29.3. The molecule has 0 aliphatic rings. The molecule has 0 aromatic carbocycles. The van der Waals surface area contributed by atoms with Crippen LogP contribution in [0.15, 0.2) is 11.4 Å². The minimum atomic E-state index is -0.432. The van der Waals surface area contributed by atoms with Gasteiger partial charge in [0.2, 0.25) is 5.91 Å². The lowest BCUT2D eigenvalue weighted by Gasteiger charge is -1.98. The maximum Gasteiger partial charge on any atom is 0.267 e. The number of nitrogens with two attached hydrogens (primary N) is 1. The number of primary amides is 1. The maximum atomic E-state index is 12.3. The standard InChI is InChI=1S/C15H19N3O2S2/c1-3-5-11-9(4-2)6-12(22-11)14(20)18-15-17-10(8-21-15)7-13(16)19/h6,8H,3-5,7H2,1-2H3,(H2,16,19)(H,17,18,20). The van der Waals surface area contributed by atoms with Crippen molar-refractivity contribution in [3.05, 3.63) is 32.5 Å². The molecule has 0 radical (unpaired) electrons. The molecular formula is C15H19N3O2S2. The first-order valence-electron chi connectivity index (χ1n) is 7.19. The molecule has 0 bridgehead atoms. The molecule has 2 rings (SSSR count). The van der Waals surface area contributed by atoms with E-state index in [2.05, 4.69) is 24.1 Å². The summed E-state index contributed by atoms with van der Waals surface area (Å²) in [6, 6.07) is 1.96. The van der Waals surface area contributed by atoms with E-state index in [1.54, 1.807) is 16.7 Å². The van der Waals surface area contributed by atoms with E-state index in [9.17, 15) is 9.59 Å². The van der Waals surface area contributed by atoms with Crippen molar-refractivity contribution in [3.8, 4) is 0 Å². The molecule has 0 unspecified atom stereocenters. The summed E-state index contributed by atoms with van der Waals surface area (Å²) in [7, 11) is 0. The number of hydrogen-bond acceptors (Lipinski definition) is 5. The molecule has 2 amide bonds. The van der Waals surface area contributed by atoms with Crippen molar-refractivity contribution in [1.29, 1.82) is 0 Å². The SMILES string of the molecule is CCCc1sc(C(=O)Nc2nc(CC(N)=O)cs2)cc1CC. The van der Waals surface area contributed by atoms with Gasteiger partial charge < -0.3 is 5.73 Å². The third kappa shape index (κ3) is 4.14. The van der Waals surface area contributed by atoms with Crippen LogP contribution >= 0.6 is 22.7 Å². The van der Waals surface area contributed by atoms with Crippen molar-refractivity contribution in [2.24, 2.45) is 5.73 Å². The average Bonchev–Trinajstić information content (AvgIpc) is 3.05. The number of hydrogen-bond donors (Lipinski definition) is 2. The summed E-state index contributed by atoms with van der Waals surface area (Å²) < 4.78 is 0. The van der Waals surface area contributed by atoms with Crippen LogP contribution < -0.4 is 11.1 Å². The van der Waals surface area contributed by atoms with Gasteiger partial charge in [-0.05, 0) is 24.5 Å². The van der Waals surface area contributed by atoms with Gasteiger partial charge in [0, 0.05) is 10.3 Å². The number of carbonyl (C=O) groups excluding carboxylic acids is 2. The van der Waals surface area contributed by atoms with Gasteiger partial charge in [0.1, 0.15) is 0 Å². The Labute approximate surface area is 137 Å². The summed E-state index contributed by atoms with van der Waals surface area (Å²) in [5.74, 6) is -0.583. The summed E-state index contributed by atoms with van der Waals surface area (Å²) in [6.45, 7) is 4.23. The minimum Gasteiger partial charge on any atom is -0.369 e. The number of aromatic nitrogens is 1. The number of nitrogens with one attached hydrogen (secondary N) is 1. The number of carbonyl (C=O) groups is 2. The quantitative estimate of drug-likeness (QED) is 0.814. The zero-order valence-electron chi connectivity index (χ0n) is 12.6. The second-order valence-electron chi connectivity index (χ2n) is 4.90. The Morgan fingerprint density at radius 2 is 2.14 bits per heavy atom. The van der Waals surface area contributed by atoms with Crippen molar-refractivity contribution in [2.45, 2.75) is 39.5 Å². The number of aryl methyl sites for hydroxylation is 2. The Hall–Kier alpha value is -1.73. The highest BCUT2D eigenvalue weighted by Gasteiger charge is 2.15. The summed E-state index contributed by atoms with van der Waals surface area (Å²) in [5.41, 5.74) is 6.95. The van der Waals surface area contributed by atoms with Crippen LogP contribution in [0.2, 0.25) is 0 Å². The van der Waals surface area contributed by atoms with E-state index in [4.69, 9.17) is 5.73 Å². The fourth-order valence-electron chi connectivity index (χ4n) is 2.10. The van der Waals surface area contributed by atoms with Gasteiger partial charge in [-0.1, -0.05) is 20.3 Å². The Morgan fingerprint density at radius 3 is 2.77 bits per heavy atom. The highest BCUT2D eigenvalue weighted by atomic mass is 32.1. The second kappa shape index (κ2) is 7.51. The van der Waals surface area contributed by atoms with Gasteiger partial charge in [-0.2, -0.15) is 0 Å². The number of anilines is 1. The molecule has 0 spiro atoms. The lowest BCUT2D eigenvalue weighted by Crippen LogP contribution is -2.14. The zero-order chi connectivity index (χ0) is 16.1. The van der Waals surface area contributed by atoms with Crippen molar-refractivity contribution < 1.29 is 9.59 Å². The molecule has 2 aromatic heterocycles. The van der Waals surface area contributed by atoms with Gasteiger partial charge >= 0.3 is 0 Å². The first-order valence-corrected chi connectivity index (χ1v) is 8.88. The van der Waals surface area contributed by atoms with E-state index >= 15 is 0 Å². The van der Waals surface area contributed by atoms with Crippen molar-refractivity contribution in [1.82, 2.24) is 4.98 Å². The molecular weight excluding hydrogens is 318 g/mol. The predicted molar refractivity (Wildman–Crippen MR) is 90.7 cm³/mol. The summed E-state index contributed by atoms with van der Waals surface area (Å²) in [6.07, 6.45) is 3.09. The van der Waals surface area contributed by atoms with Crippen LogP contribution in [0.1, 0.15) is 46.1 Å². The molecule has 0 aliphatic carbocycles. The molecule has 0 atom stereocenters. The molecule has 5 nitrogen and oxygen atoms in total. The predicted octanol–water partition coefficient (Wildman–Crippen LogP) is 3.00. The lowest BCUT2D eigenvalue weighted by atomic mass is 10.1. The monoisotopic (exact) mass is 337 g/mol. The van der Waals surface area contributed by atoms with Gasteiger partial charge in [0.05, 0.1) is 17.0 Å². The van der Waals surface area contributed by atoms with Crippen LogP contribution in [0.4, 0.5) is 5.13 Å². The number of rotatable bonds is 7. The van der Waals surface area contributed by atoms with Crippen molar-refractivity contribution >= 4 is 39.6 Å². The fraction of sp³-hybridized carbons (Fsp3) is 0.400. The summed E-state index contributed by atoms with van der Waals surface area (Å²) >= 11 is 2.84. The topological polar surface area (TPSA) is 85.1 Å². The van der Waals surface area contributed by atoms with Crippen LogP contribution in [0.5, 0.6) is 0 Å². The van der Waals surface area contributed by atoms with Crippen LogP contribution in [-0.2, 0) is 24.1 Å². The van der Waals surface area contributed by atoms with E-state index in [-0.39, 0.29) is 12.3 Å². The van der Waals surface area contributed by atoms with Gasteiger partial charge in [-0.3, -0.25) is 14.9 Å². The average molecular weight is 337 g/mol. The minimum absolute atomic E-state index is 0.0893. The molecule has 0 saturated carbocycles. The number of thiazole rings is 1. The first-order chi connectivity index (χ1) is 10.5. The Kier molecular flexibility index (Phi) is 5.68. The number of thiophene rings is 1. The van der Waals surface area contributed by atoms with Crippen LogP contribution in [0.3, 0.4) is 0 Å². The Morgan fingerprint density at radius 1 is 1.36 bits per heavy atom. The van der Waals surface area contributed by atoms with Crippen LogP contribution in [-0.4, -0.2) is 16.8 Å². The van der Waals surface area contributed by atoms with Gasteiger partial charge in [0.25, 0.3) is 5.91 Å². The molecule has 3 N–H and O–H groups in total. The second-order valence-corrected chi connectivity index (χ2v) is 6.90. The van der Waals surface area contributed by atoms with E-state index in [0.29, 0.717) is 15.7 Å². The molecule has 0 fully saturated rings. The summed E-state index contributed by atoms with van der Waals surface area (Å²) in [5, 5.41) is 5.01. The van der Waals surface area contributed by atoms with E-state index in [0.717, 1.165) is 19.3 Å². The molecule has 2 heterocycles. The first kappa shape index (κ1) is 16.6.